The van der Waals surface area contributed by atoms with Crippen molar-refractivity contribution in [2.24, 2.45) is 5.16 Å². The third-order valence-electron chi connectivity index (χ3n) is 1.55. The highest BCUT2D eigenvalue weighted by atomic mass is 32.2. The van der Waals surface area contributed by atoms with E-state index in [0.717, 1.165) is 10.1 Å². The fourth-order valence-electron chi connectivity index (χ4n) is 0.733. The van der Waals surface area contributed by atoms with E-state index in [1.165, 1.54) is 7.05 Å². The number of carbonyl (C=O) groups excluding carboxylic acids is 1. The molecule has 0 spiro atoms. The van der Waals surface area contributed by atoms with Gasteiger partial charge < -0.3 is 5.32 Å². The minimum absolute atomic E-state index is 0.0291. The highest BCUT2D eigenvalue weighted by molar-refractivity contribution is 8.29. The molecule has 74 valence electrons. The lowest BCUT2D eigenvalue weighted by Crippen LogP contribution is -2.23. The van der Waals surface area contributed by atoms with Crippen LogP contribution in [-0.4, -0.2) is 28.0 Å². The predicted octanol–water partition coefficient (Wildman–Crippen LogP) is 1.87. The van der Waals surface area contributed by atoms with E-state index in [9.17, 15) is 4.79 Å². The number of thioether (sulfide) groups is 2. The molecule has 0 radical (unpaired) electrons. The molecule has 1 fully saturated rings. The molecule has 0 aromatic carbocycles. The Balaban J connectivity index is 2.56. The largest absolute Gasteiger partial charge is 0.433 e. The number of nitrogens with zero attached hydrogens (tertiary/aromatic N) is 1. The first-order valence-corrected chi connectivity index (χ1v) is 5.77. The monoisotopic (exact) mass is 220 g/mol. The van der Waals surface area contributed by atoms with E-state index >= 15 is 0 Å². The molecule has 1 saturated heterocycles. The van der Waals surface area contributed by atoms with Crippen LogP contribution in [0.15, 0.2) is 5.16 Å². The second kappa shape index (κ2) is 4.23. The molecule has 13 heavy (non-hydrogen) atoms. The van der Waals surface area contributed by atoms with Crippen LogP contribution in [0.5, 0.6) is 0 Å². The van der Waals surface area contributed by atoms with E-state index in [-0.39, 0.29) is 4.75 Å². The highest BCUT2D eigenvalue weighted by Gasteiger charge is 2.33. The van der Waals surface area contributed by atoms with Gasteiger partial charge in [0.15, 0.2) is 0 Å². The van der Waals surface area contributed by atoms with Crippen molar-refractivity contribution in [3.8, 4) is 0 Å². The molecule has 0 unspecified atom stereocenters. The quantitative estimate of drug-likeness (QED) is 0.541. The van der Waals surface area contributed by atoms with Crippen molar-refractivity contribution in [3.63, 3.8) is 0 Å². The molecular formula is C7H12N2O2S2. The fourth-order valence-corrected chi connectivity index (χ4v) is 3.55. The molecule has 0 aromatic heterocycles. The van der Waals surface area contributed by atoms with Gasteiger partial charge in [-0.05, 0) is 13.8 Å². The lowest BCUT2D eigenvalue weighted by molar-refractivity contribution is 0.153. The third-order valence-corrected chi connectivity index (χ3v) is 4.39. The number of carbonyl (C=O) groups is 1. The van der Waals surface area contributed by atoms with Gasteiger partial charge in [0.1, 0.15) is 5.04 Å². The topological polar surface area (TPSA) is 50.7 Å². The summed E-state index contributed by atoms with van der Waals surface area (Å²) in [5.74, 6) is 0. The van der Waals surface area contributed by atoms with Crippen molar-refractivity contribution in [1.82, 2.24) is 5.32 Å². The van der Waals surface area contributed by atoms with Crippen molar-refractivity contribution >= 4 is 34.7 Å². The smallest absolute Gasteiger partial charge is 0.323 e. The molecule has 1 aliphatic rings. The Labute approximate surface area is 85.8 Å². The average Bonchev–Trinajstić information content (AvgIpc) is 2.41. The molecule has 1 aliphatic heterocycles. The molecule has 0 atom stereocenters. The minimum atomic E-state index is -0.527. The van der Waals surface area contributed by atoms with E-state index in [2.05, 4.69) is 29.2 Å². The van der Waals surface area contributed by atoms with Crippen LogP contribution in [-0.2, 0) is 4.84 Å². The van der Waals surface area contributed by atoms with Crippen LogP contribution in [0, 0.1) is 0 Å². The molecule has 0 bridgehead atoms. The normalized spacial score (nSPS) is 23.2. The van der Waals surface area contributed by atoms with Gasteiger partial charge in [-0.3, -0.25) is 4.84 Å². The van der Waals surface area contributed by atoms with Crippen molar-refractivity contribution in [2.75, 3.05) is 12.1 Å². The van der Waals surface area contributed by atoms with Gasteiger partial charge in [-0.25, -0.2) is 4.79 Å². The van der Waals surface area contributed by atoms with Crippen molar-refractivity contribution < 1.29 is 9.63 Å². The molecule has 0 saturated carbocycles. The zero-order valence-electron chi connectivity index (χ0n) is 7.79. The maximum absolute atomic E-state index is 10.7. The Bertz CT molecular complexity index is 241. The standard InChI is InChI=1S/C7H12N2O2S2/c1-7(2)5(12-4-13-7)9-11-6(10)8-3/h4H2,1-3H3,(H,8,10)/b9-5-. The molecule has 1 amide bonds. The van der Waals surface area contributed by atoms with Gasteiger partial charge in [0.2, 0.25) is 0 Å². The molecule has 1 rings (SSSR count). The van der Waals surface area contributed by atoms with Crippen LogP contribution in [0.4, 0.5) is 4.79 Å². The SMILES string of the molecule is CNC(=O)O/N=C1\SCSC1(C)C. The summed E-state index contributed by atoms with van der Waals surface area (Å²) in [5, 5.41) is 7.95. The number of hydrogen-bond acceptors (Lipinski definition) is 5. The summed E-state index contributed by atoms with van der Waals surface area (Å²) in [6.45, 7) is 4.12. The van der Waals surface area contributed by atoms with Gasteiger partial charge in [-0.2, -0.15) is 0 Å². The average molecular weight is 220 g/mol. The van der Waals surface area contributed by atoms with Crippen LogP contribution in [0.1, 0.15) is 13.8 Å². The summed E-state index contributed by atoms with van der Waals surface area (Å²) < 4.78 is -0.0291. The van der Waals surface area contributed by atoms with E-state index in [4.69, 9.17) is 0 Å². The second-order valence-corrected chi connectivity index (χ2v) is 5.87. The van der Waals surface area contributed by atoms with Gasteiger partial charge in [0.05, 0.1) is 4.75 Å². The van der Waals surface area contributed by atoms with Gasteiger partial charge in [0, 0.05) is 12.1 Å². The van der Waals surface area contributed by atoms with Gasteiger partial charge >= 0.3 is 6.09 Å². The maximum Gasteiger partial charge on any atom is 0.433 e. The number of hydrogen-bond donors (Lipinski definition) is 1. The number of nitrogens with one attached hydrogen (secondary N) is 1. The Morgan fingerprint density at radius 2 is 2.38 bits per heavy atom. The van der Waals surface area contributed by atoms with Gasteiger partial charge in [-0.1, -0.05) is 16.9 Å². The van der Waals surface area contributed by atoms with Gasteiger partial charge in [0.25, 0.3) is 0 Å². The molecule has 6 heteroatoms. The summed E-state index contributed by atoms with van der Waals surface area (Å²) >= 11 is 3.40. The van der Waals surface area contributed by atoms with Crippen molar-refractivity contribution in [3.05, 3.63) is 0 Å². The van der Waals surface area contributed by atoms with E-state index in [0.29, 0.717) is 0 Å². The summed E-state index contributed by atoms with van der Waals surface area (Å²) in [6, 6.07) is 0. The van der Waals surface area contributed by atoms with E-state index < -0.39 is 6.09 Å². The van der Waals surface area contributed by atoms with Crippen LogP contribution in [0.2, 0.25) is 0 Å². The summed E-state index contributed by atoms with van der Waals surface area (Å²) in [4.78, 5) is 15.3. The Hall–Kier alpha value is -0.360. The molecule has 4 nitrogen and oxygen atoms in total. The Morgan fingerprint density at radius 1 is 1.69 bits per heavy atom. The lowest BCUT2D eigenvalue weighted by Gasteiger charge is -2.14. The zero-order valence-corrected chi connectivity index (χ0v) is 9.42. The van der Waals surface area contributed by atoms with Crippen LogP contribution < -0.4 is 5.32 Å². The first kappa shape index (κ1) is 10.7. The third kappa shape index (κ3) is 2.80. The first-order chi connectivity index (χ1) is 6.06. The van der Waals surface area contributed by atoms with Gasteiger partial charge in [-0.15, -0.1) is 11.8 Å². The van der Waals surface area contributed by atoms with Crippen LogP contribution in [0.25, 0.3) is 0 Å². The fraction of sp³-hybridized carbons (Fsp3) is 0.714. The van der Waals surface area contributed by atoms with Crippen LogP contribution >= 0.6 is 23.5 Å². The highest BCUT2D eigenvalue weighted by Crippen LogP contribution is 2.41. The maximum atomic E-state index is 10.7. The predicted molar refractivity (Wildman–Crippen MR) is 57.1 cm³/mol. The molecular weight excluding hydrogens is 208 g/mol. The number of oxime groups is 1. The molecule has 1 N–H and O–H groups in total. The summed E-state index contributed by atoms with van der Waals surface area (Å²) in [5.41, 5.74) is 0. The summed E-state index contributed by atoms with van der Waals surface area (Å²) in [7, 11) is 1.50. The van der Waals surface area contributed by atoms with E-state index in [1.54, 1.807) is 23.5 Å². The zero-order chi connectivity index (χ0) is 9.90. The Morgan fingerprint density at radius 3 is 2.85 bits per heavy atom. The minimum Gasteiger partial charge on any atom is -0.323 e. The first-order valence-electron chi connectivity index (χ1n) is 3.80. The van der Waals surface area contributed by atoms with Crippen molar-refractivity contribution in [2.45, 2.75) is 18.6 Å². The summed E-state index contributed by atoms with van der Waals surface area (Å²) in [6.07, 6.45) is -0.527. The Kier molecular flexibility index (Phi) is 3.49. The number of rotatable bonds is 1. The van der Waals surface area contributed by atoms with Crippen molar-refractivity contribution in [1.29, 1.82) is 0 Å². The molecule has 0 aromatic rings. The lowest BCUT2D eigenvalue weighted by atomic mass is 10.2. The van der Waals surface area contributed by atoms with Crippen LogP contribution in [0.3, 0.4) is 0 Å². The molecule has 1 heterocycles. The van der Waals surface area contributed by atoms with E-state index in [1.807, 2.05) is 0 Å². The molecule has 0 aliphatic carbocycles. The number of amides is 1. The second-order valence-electron chi connectivity index (χ2n) is 2.94.